The highest BCUT2D eigenvalue weighted by Gasteiger charge is 2.25. The van der Waals surface area contributed by atoms with Crippen molar-refractivity contribution in [2.24, 2.45) is 16.9 Å². The van der Waals surface area contributed by atoms with E-state index in [4.69, 9.17) is 11.5 Å². The summed E-state index contributed by atoms with van der Waals surface area (Å²) in [5, 5.41) is 2.64. The van der Waals surface area contributed by atoms with Gasteiger partial charge in [-0.05, 0) is 26.8 Å². The fourth-order valence-electron chi connectivity index (χ4n) is 0.758. The molecule has 0 saturated heterocycles. The van der Waals surface area contributed by atoms with Crippen molar-refractivity contribution in [2.75, 3.05) is 13.1 Å². The van der Waals surface area contributed by atoms with Crippen LogP contribution < -0.4 is 16.8 Å². The van der Waals surface area contributed by atoms with Gasteiger partial charge in [-0.3, -0.25) is 9.59 Å². The van der Waals surface area contributed by atoms with Crippen LogP contribution in [0.2, 0.25) is 0 Å². The first-order valence-electron chi connectivity index (χ1n) is 4.67. The Labute approximate surface area is 84.2 Å². The predicted octanol–water partition coefficient (Wildman–Crippen LogP) is -0.647. The summed E-state index contributed by atoms with van der Waals surface area (Å²) in [5.41, 5.74) is 9.70. The minimum atomic E-state index is -0.696. The van der Waals surface area contributed by atoms with Crippen molar-refractivity contribution >= 4 is 11.8 Å². The van der Waals surface area contributed by atoms with Crippen molar-refractivity contribution < 1.29 is 9.59 Å². The Morgan fingerprint density at radius 3 is 2.36 bits per heavy atom. The molecule has 0 aromatic heterocycles. The van der Waals surface area contributed by atoms with E-state index in [-0.39, 0.29) is 12.5 Å². The maximum atomic E-state index is 11.2. The number of nitrogens with one attached hydrogen (secondary N) is 1. The maximum absolute atomic E-state index is 11.2. The van der Waals surface area contributed by atoms with Gasteiger partial charge in [0.15, 0.2) is 0 Å². The number of carbonyl (C=O) groups is 2. The van der Waals surface area contributed by atoms with Crippen LogP contribution in [0.15, 0.2) is 0 Å². The second kappa shape index (κ2) is 5.59. The third kappa shape index (κ3) is 4.81. The lowest BCUT2D eigenvalue weighted by Crippen LogP contribution is -2.42. The summed E-state index contributed by atoms with van der Waals surface area (Å²) < 4.78 is 0. The SMILES string of the molecule is CC(C)(CNC(=O)CCCN)C(N)=O. The smallest absolute Gasteiger partial charge is 0.224 e. The molecule has 0 aliphatic rings. The van der Waals surface area contributed by atoms with E-state index in [9.17, 15) is 9.59 Å². The minimum absolute atomic E-state index is 0.0928. The predicted molar refractivity (Wildman–Crippen MR) is 54.3 cm³/mol. The van der Waals surface area contributed by atoms with Crippen molar-refractivity contribution in [3.8, 4) is 0 Å². The fraction of sp³-hybridized carbons (Fsp3) is 0.778. The molecule has 0 spiro atoms. The summed E-state index contributed by atoms with van der Waals surface area (Å²) in [4.78, 5) is 22.1. The summed E-state index contributed by atoms with van der Waals surface area (Å²) in [6, 6.07) is 0. The molecule has 0 bridgehead atoms. The number of nitrogens with two attached hydrogens (primary N) is 2. The van der Waals surface area contributed by atoms with Crippen molar-refractivity contribution in [3.63, 3.8) is 0 Å². The Hall–Kier alpha value is -1.10. The molecule has 2 amide bonds. The minimum Gasteiger partial charge on any atom is -0.369 e. The molecule has 0 atom stereocenters. The Bertz CT molecular complexity index is 214. The van der Waals surface area contributed by atoms with Gasteiger partial charge < -0.3 is 16.8 Å². The third-order valence-corrected chi connectivity index (χ3v) is 2.00. The topological polar surface area (TPSA) is 98.2 Å². The van der Waals surface area contributed by atoms with Crippen molar-refractivity contribution in [1.29, 1.82) is 0 Å². The van der Waals surface area contributed by atoms with Crippen LogP contribution in [0.25, 0.3) is 0 Å². The second-order valence-electron chi connectivity index (χ2n) is 3.92. The third-order valence-electron chi connectivity index (χ3n) is 2.00. The Balaban J connectivity index is 3.82. The van der Waals surface area contributed by atoms with Crippen LogP contribution in [0, 0.1) is 5.41 Å². The summed E-state index contributed by atoms with van der Waals surface area (Å²) >= 11 is 0. The van der Waals surface area contributed by atoms with Gasteiger partial charge in [0.05, 0.1) is 5.41 Å². The van der Waals surface area contributed by atoms with Crippen molar-refractivity contribution in [3.05, 3.63) is 0 Å². The lowest BCUT2D eigenvalue weighted by Gasteiger charge is -2.20. The van der Waals surface area contributed by atoms with Crippen molar-refractivity contribution in [1.82, 2.24) is 5.32 Å². The Morgan fingerprint density at radius 2 is 1.93 bits per heavy atom. The van der Waals surface area contributed by atoms with Crippen LogP contribution in [0.5, 0.6) is 0 Å². The zero-order chi connectivity index (χ0) is 11.2. The van der Waals surface area contributed by atoms with Crippen LogP contribution in [-0.2, 0) is 9.59 Å². The quantitative estimate of drug-likeness (QED) is 0.532. The monoisotopic (exact) mass is 201 g/mol. The van der Waals surface area contributed by atoms with E-state index in [2.05, 4.69) is 5.32 Å². The highest BCUT2D eigenvalue weighted by molar-refractivity contribution is 5.82. The van der Waals surface area contributed by atoms with Gasteiger partial charge in [-0.15, -0.1) is 0 Å². The Kier molecular flexibility index (Phi) is 5.15. The van der Waals surface area contributed by atoms with E-state index in [1.807, 2.05) is 0 Å². The molecule has 0 rings (SSSR count). The molecule has 82 valence electrons. The average molecular weight is 201 g/mol. The van der Waals surface area contributed by atoms with Gasteiger partial charge in [0.1, 0.15) is 0 Å². The number of carbonyl (C=O) groups excluding carboxylic acids is 2. The zero-order valence-electron chi connectivity index (χ0n) is 8.80. The number of amides is 2. The first-order chi connectivity index (χ1) is 6.40. The van der Waals surface area contributed by atoms with E-state index in [1.54, 1.807) is 13.8 Å². The molecule has 0 saturated carbocycles. The molecule has 0 aromatic rings. The molecule has 5 nitrogen and oxygen atoms in total. The fourth-order valence-corrected chi connectivity index (χ4v) is 0.758. The molecular weight excluding hydrogens is 182 g/mol. The molecular formula is C9H19N3O2. The molecule has 0 aromatic carbocycles. The van der Waals surface area contributed by atoms with Gasteiger partial charge in [-0.1, -0.05) is 0 Å². The largest absolute Gasteiger partial charge is 0.369 e. The number of primary amides is 1. The number of rotatable bonds is 6. The summed E-state index contributed by atoms with van der Waals surface area (Å²) in [6.07, 6.45) is 1.05. The summed E-state index contributed by atoms with van der Waals surface area (Å²) in [7, 11) is 0. The highest BCUT2D eigenvalue weighted by atomic mass is 16.2. The van der Waals surface area contributed by atoms with Gasteiger partial charge in [0, 0.05) is 13.0 Å². The maximum Gasteiger partial charge on any atom is 0.224 e. The van der Waals surface area contributed by atoms with Gasteiger partial charge in [0.25, 0.3) is 0 Å². The van der Waals surface area contributed by atoms with E-state index in [0.29, 0.717) is 19.4 Å². The first kappa shape index (κ1) is 12.9. The van der Waals surface area contributed by atoms with Crippen LogP contribution in [0.4, 0.5) is 0 Å². The van der Waals surface area contributed by atoms with Crippen LogP contribution >= 0.6 is 0 Å². The van der Waals surface area contributed by atoms with Gasteiger partial charge in [0.2, 0.25) is 11.8 Å². The summed E-state index contributed by atoms with van der Waals surface area (Å²) in [6.45, 7) is 4.15. The number of hydrogen-bond donors (Lipinski definition) is 3. The lowest BCUT2D eigenvalue weighted by molar-refractivity contribution is -0.127. The van der Waals surface area contributed by atoms with Crippen LogP contribution in [0.3, 0.4) is 0 Å². The van der Waals surface area contributed by atoms with Gasteiger partial charge >= 0.3 is 0 Å². The van der Waals surface area contributed by atoms with E-state index in [1.165, 1.54) is 0 Å². The standard InChI is InChI=1S/C9H19N3O2/c1-9(2,8(11)14)6-12-7(13)4-3-5-10/h3-6,10H2,1-2H3,(H2,11,14)(H,12,13). The van der Waals surface area contributed by atoms with Crippen LogP contribution in [0.1, 0.15) is 26.7 Å². The van der Waals surface area contributed by atoms with Crippen molar-refractivity contribution in [2.45, 2.75) is 26.7 Å². The molecule has 0 aliphatic carbocycles. The normalized spacial score (nSPS) is 11.1. The zero-order valence-corrected chi connectivity index (χ0v) is 8.80. The molecule has 14 heavy (non-hydrogen) atoms. The molecule has 0 radical (unpaired) electrons. The average Bonchev–Trinajstić information content (AvgIpc) is 2.11. The molecule has 5 N–H and O–H groups in total. The van der Waals surface area contributed by atoms with E-state index >= 15 is 0 Å². The van der Waals surface area contributed by atoms with E-state index < -0.39 is 11.3 Å². The highest BCUT2D eigenvalue weighted by Crippen LogP contribution is 2.11. The molecule has 0 fully saturated rings. The first-order valence-corrected chi connectivity index (χ1v) is 4.67. The Morgan fingerprint density at radius 1 is 1.36 bits per heavy atom. The van der Waals surface area contributed by atoms with E-state index in [0.717, 1.165) is 0 Å². The lowest BCUT2D eigenvalue weighted by atomic mass is 9.93. The van der Waals surface area contributed by atoms with Gasteiger partial charge in [-0.25, -0.2) is 0 Å². The van der Waals surface area contributed by atoms with Gasteiger partial charge in [-0.2, -0.15) is 0 Å². The molecule has 0 aliphatic heterocycles. The molecule has 0 unspecified atom stereocenters. The van der Waals surface area contributed by atoms with Crippen LogP contribution in [-0.4, -0.2) is 24.9 Å². The summed E-state index contributed by atoms with van der Waals surface area (Å²) in [5.74, 6) is -0.513. The molecule has 0 heterocycles. The number of hydrogen-bond acceptors (Lipinski definition) is 3. The molecule has 5 heteroatoms. The second-order valence-corrected chi connectivity index (χ2v) is 3.92.